The van der Waals surface area contributed by atoms with E-state index in [0.29, 0.717) is 5.95 Å². The van der Waals surface area contributed by atoms with Crippen molar-refractivity contribution in [1.29, 1.82) is 0 Å². The minimum absolute atomic E-state index is 0.520. The molecule has 0 aliphatic carbocycles. The average molecular weight is 452 g/mol. The van der Waals surface area contributed by atoms with Crippen molar-refractivity contribution in [3.63, 3.8) is 0 Å². The maximum atomic E-state index is 4.74. The molecule has 0 saturated heterocycles. The van der Waals surface area contributed by atoms with Gasteiger partial charge in [-0.15, -0.1) is 0 Å². The Bertz CT molecular complexity index is 1370. The van der Waals surface area contributed by atoms with Crippen LogP contribution in [0.1, 0.15) is 0 Å². The van der Waals surface area contributed by atoms with Crippen LogP contribution in [0.2, 0.25) is 0 Å². The van der Waals surface area contributed by atoms with Crippen LogP contribution in [0.15, 0.2) is 79.6 Å². The van der Waals surface area contributed by atoms with E-state index < -0.39 is 0 Å². The number of likely N-dealkylation sites (N-methyl/N-ethyl adjacent to an activating group) is 1. The summed E-state index contributed by atoms with van der Waals surface area (Å²) < 4.78 is 3.72. The lowest BCUT2D eigenvalue weighted by atomic mass is 10.1. The molecule has 0 fully saturated rings. The van der Waals surface area contributed by atoms with E-state index in [1.165, 1.54) is 0 Å². The van der Waals surface area contributed by atoms with Crippen LogP contribution in [-0.4, -0.2) is 48.1 Å². The second-order valence-corrected chi connectivity index (χ2v) is 7.87. The molecule has 0 unspecified atom stereocenters. The number of anilines is 2. The Labute approximate surface area is 197 Å². The van der Waals surface area contributed by atoms with Gasteiger partial charge in [-0.2, -0.15) is 10.2 Å². The van der Waals surface area contributed by atoms with Gasteiger partial charge in [-0.05, 0) is 42.9 Å². The minimum Gasteiger partial charge on any atom is -0.324 e. The summed E-state index contributed by atoms with van der Waals surface area (Å²) in [5.41, 5.74) is 6.58. The van der Waals surface area contributed by atoms with E-state index in [1.807, 2.05) is 61.5 Å². The highest BCUT2D eigenvalue weighted by atomic mass is 15.3. The van der Waals surface area contributed by atoms with Crippen molar-refractivity contribution in [2.24, 2.45) is 7.05 Å². The van der Waals surface area contributed by atoms with Crippen LogP contribution < -0.4 is 10.6 Å². The number of rotatable bonds is 8. The first-order valence-corrected chi connectivity index (χ1v) is 11.0. The van der Waals surface area contributed by atoms with E-state index >= 15 is 0 Å². The third kappa shape index (κ3) is 4.69. The SMILES string of the molecule is CNCCn1cc(-c2ccc(Nc3nccc(-c4cn(C)nc4-c4cccnc4)n3)cc2)cn1. The van der Waals surface area contributed by atoms with E-state index in [-0.39, 0.29) is 0 Å². The van der Waals surface area contributed by atoms with Crippen LogP contribution in [0.4, 0.5) is 11.6 Å². The summed E-state index contributed by atoms with van der Waals surface area (Å²) in [6.07, 6.45) is 11.2. The molecule has 0 radical (unpaired) electrons. The molecule has 4 aromatic heterocycles. The van der Waals surface area contributed by atoms with Gasteiger partial charge < -0.3 is 10.6 Å². The lowest BCUT2D eigenvalue weighted by Gasteiger charge is -2.08. The molecule has 0 bridgehead atoms. The maximum Gasteiger partial charge on any atom is 0.227 e. The van der Waals surface area contributed by atoms with Gasteiger partial charge in [0.05, 0.1) is 18.4 Å². The molecule has 0 saturated carbocycles. The highest BCUT2D eigenvalue weighted by Gasteiger charge is 2.14. The van der Waals surface area contributed by atoms with Gasteiger partial charge >= 0.3 is 0 Å². The Morgan fingerprint density at radius 2 is 1.79 bits per heavy atom. The zero-order chi connectivity index (χ0) is 23.3. The molecule has 34 heavy (non-hydrogen) atoms. The number of aromatic nitrogens is 7. The van der Waals surface area contributed by atoms with Gasteiger partial charge in [0.25, 0.3) is 0 Å². The molecule has 0 aliphatic heterocycles. The number of aryl methyl sites for hydroxylation is 1. The summed E-state index contributed by atoms with van der Waals surface area (Å²) >= 11 is 0. The summed E-state index contributed by atoms with van der Waals surface area (Å²) in [5.74, 6) is 0.520. The molecular formula is C25H25N9. The van der Waals surface area contributed by atoms with Crippen LogP contribution in [0, 0.1) is 0 Å². The highest BCUT2D eigenvalue weighted by Crippen LogP contribution is 2.30. The van der Waals surface area contributed by atoms with E-state index in [2.05, 4.69) is 49.1 Å². The van der Waals surface area contributed by atoms with Gasteiger partial charge in [0.15, 0.2) is 0 Å². The van der Waals surface area contributed by atoms with Gasteiger partial charge in [-0.25, -0.2) is 9.97 Å². The fourth-order valence-corrected chi connectivity index (χ4v) is 3.70. The molecule has 9 heteroatoms. The molecule has 5 aromatic rings. The molecule has 0 aliphatic rings. The summed E-state index contributed by atoms with van der Waals surface area (Å²) in [6.45, 7) is 1.72. The molecule has 170 valence electrons. The third-order valence-corrected chi connectivity index (χ3v) is 5.39. The maximum absolute atomic E-state index is 4.74. The first kappa shape index (κ1) is 21.5. The van der Waals surface area contributed by atoms with Crippen molar-refractivity contribution in [1.82, 2.24) is 39.8 Å². The number of hydrogen-bond acceptors (Lipinski definition) is 7. The summed E-state index contributed by atoms with van der Waals surface area (Å²) in [7, 11) is 3.83. The number of nitrogens with zero attached hydrogens (tertiary/aromatic N) is 7. The topological polar surface area (TPSA) is 98.4 Å². The van der Waals surface area contributed by atoms with Crippen molar-refractivity contribution >= 4 is 11.6 Å². The Morgan fingerprint density at radius 3 is 2.59 bits per heavy atom. The van der Waals surface area contributed by atoms with E-state index in [1.54, 1.807) is 23.3 Å². The number of benzene rings is 1. The highest BCUT2D eigenvalue weighted by molar-refractivity contribution is 5.78. The van der Waals surface area contributed by atoms with E-state index in [4.69, 9.17) is 4.98 Å². The van der Waals surface area contributed by atoms with Crippen molar-refractivity contribution < 1.29 is 0 Å². The Balaban J connectivity index is 1.35. The van der Waals surface area contributed by atoms with Gasteiger partial charge in [-0.3, -0.25) is 14.3 Å². The van der Waals surface area contributed by atoms with Gasteiger partial charge in [0.1, 0.15) is 5.69 Å². The van der Waals surface area contributed by atoms with Crippen LogP contribution in [0.25, 0.3) is 33.6 Å². The van der Waals surface area contributed by atoms with Crippen LogP contribution >= 0.6 is 0 Å². The second kappa shape index (κ2) is 9.63. The third-order valence-electron chi connectivity index (χ3n) is 5.39. The molecule has 0 atom stereocenters. The predicted molar refractivity (Wildman–Crippen MR) is 132 cm³/mol. The average Bonchev–Trinajstić information content (AvgIpc) is 3.51. The standard InChI is InChI=1S/C25H25N9/c1-26-12-13-34-16-20(15-29-34)18-5-7-21(8-6-18)30-25-28-11-9-23(31-25)22-17-33(2)32-24(22)19-4-3-10-27-14-19/h3-11,14-17,26H,12-13H2,1-2H3,(H,28,30,31). The summed E-state index contributed by atoms with van der Waals surface area (Å²) in [6, 6.07) is 13.9. The Kier molecular flexibility index (Phi) is 6.09. The van der Waals surface area contributed by atoms with Crippen molar-refractivity contribution in [2.45, 2.75) is 6.54 Å². The first-order chi connectivity index (χ1) is 16.7. The van der Waals surface area contributed by atoms with Gasteiger partial charge in [-0.1, -0.05) is 12.1 Å². The molecule has 0 spiro atoms. The fraction of sp³-hybridized carbons (Fsp3) is 0.160. The number of hydrogen-bond donors (Lipinski definition) is 2. The fourth-order valence-electron chi connectivity index (χ4n) is 3.70. The molecule has 5 rings (SSSR count). The first-order valence-electron chi connectivity index (χ1n) is 11.0. The second-order valence-electron chi connectivity index (χ2n) is 7.87. The largest absolute Gasteiger partial charge is 0.324 e. The smallest absolute Gasteiger partial charge is 0.227 e. The zero-order valence-electron chi connectivity index (χ0n) is 19.1. The Hall–Kier alpha value is -4.37. The molecule has 4 heterocycles. The molecule has 9 nitrogen and oxygen atoms in total. The monoisotopic (exact) mass is 451 g/mol. The number of nitrogens with one attached hydrogen (secondary N) is 2. The summed E-state index contributed by atoms with van der Waals surface area (Å²) in [5, 5.41) is 15.5. The van der Waals surface area contributed by atoms with Crippen molar-refractivity contribution in [2.75, 3.05) is 18.9 Å². The van der Waals surface area contributed by atoms with Gasteiger partial charge in [0, 0.05) is 67.0 Å². The lowest BCUT2D eigenvalue weighted by Crippen LogP contribution is -2.14. The van der Waals surface area contributed by atoms with Crippen molar-refractivity contribution in [3.8, 4) is 33.6 Å². The summed E-state index contributed by atoms with van der Waals surface area (Å²) in [4.78, 5) is 13.4. The molecular weight excluding hydrogens is 426 g/mol. The minimum atomic E-state index is 0.520. The molecule has 0 amide bonds. The van der Waals surface area contributed by atoms with E-state index in [0.717, 1.165) is 52.4 Å². The Morgan fingerprint density at radius 1 is 0.912 bits per heavy atom. The zero-order valence-corrected chi connectivity index (χ0v) is 19.1. The lowest BCUT2D eigenvalue weighted by molar-refractivity contribution is 0.585. The molecule has 2 N–H and O–H groups in total. The van der Waals surface area contributed by atoms with Crippen molar-refractivity contribution in [3.05, 3.63) is 79.6 Å². The predicted octanol–water partition coefficient (Wildman–Crippen LogP) is 3.77. The van der Waals surface area contributed by atoms with Gasteiger partial charge in [0.2, 0.25) is 5.95 Å². The quantitative estimate of drug-likeness (QED) is 0.371. The molecule has 1 aromatic carbocycles. The van der Waals surface area contributed by atoms with Crippen LogP contribution in [0.5, 0.6) is 0 Å². The normalized spacial score (nSPS) is 11.0. The van der Waals surface area contributed by atoms with Crippen LogP contribution in [0.3, 0.4) is 0 Å². The van der Waals surface area contributed by atoms with Crippen LogP contribution in [-0.2, 0) is 13.6 Å². The van der Waals surface area contributed by atoms with E-state index in [9.17, 15) is 0 Å². The number of pyridine rings is 1.